The van der Waals surface area contributed by atoms with E-state index >= 15 is 0 Å². The fourth-order valence-corrected chi connectivity index (χ4v) is 8.77. The van der Waals surface area contributed by atoms with Crippen LogP contribution in [0.25, 0.3) is 0 Å². The minimum Gasteiger partial charge on any atom is -0.462 e. The summed E-state index contributed by atoms with van der Waals surface area (Å²) in [5.74, 6) is -0.853. The molecule has 6 heteroatoms. The molecule has 0 spiro atoms. The van der Waals surface area contributed by atoms with E-state index in [4.69, 9.17) is 14.2 Å². The van der Waals surface area contributed by atoms with Crippen molar-refractivity contribution in [1.29, 1.82) is 0 Å². The Kier molecular flexibility index (Phi) is 53.7. The largest absolute Gasteiger partial charge is 0.462 e. The Morgan fingerprint density at radius 3 is 0.864 bits per heavy atom. The summed E-state index contributed by atoms with van der Waals surface area (Å²) in [6, 6.07) is 0. The minimum atomic E-state index is -0.769. The molecular weight excluding hydrogens is 817 g/mol. The Morgan fingerprint density at radius 2 is 0.545 bits per heavy atom. The quantitative estimate of drug-likeness (QED) is 0.0262. The molecule has 0 amide bonds. The Morgan fingerprint density at radius 1 is 0.303 bits per heavy atom. The van der Waals surface area contributed by atoms with Crippen molar-refractivity contribution >= 4 is 17.9 Å². The lowest BCUT2D eigenvalue weighted by Gasteiger charge is -2.18. The molecule has 0 aromatic carbocycles. The molecule has 388 valence electrons. The topological polar surface area (TPSA) is 78.9 Å². The van der Waals surface area contributed by atoms with E-state index in [-0.39, 0.29) is 31.1 Å². The van der Waals surface area contributed by atoms with Gasteiger partial charge in [-0.05, 0) is 51.4 Å². The number of unbranched alkanes of at least 4 members (excludes halogenated alkanes) is 39. The van der Waals surface area contributed by atoms with Crippen LogP contribution in [0.15, 0.2) is 24.3 Å². The Balaban J connectivity index is 4.33. The second kappa shape index (κ2) is 55.5. The van der Waals surface area contributed by atoms with Gasteiger partial charge in [0.25, 0.3) is 0 Å². The van der Waals surface area contributed by atoms with Crippen LogP contribution < -0.4 is 0 Å². The summed E-state index contributed by atoms with van der Waals surface area (Å²) < 4.78 is 16.9. The highest BCUT2D eigenvalue weighted by Crippen LogP contribution is 2.17. The summed E-state index contributed by atoms with van der Waals surface area (Å²) in [6.45, 7) is 6.66. The molecule has 0 rings (SSSR count). The number of esters is 3. The summed E-state index contributed by atoms with van der Waals surface area (Å²) >= 11 is 0. The zero-order valence-corrected chi connectivity index (χ0v) is 44.5. The number of hydrogen-bond acceptors (Lipinski definition) is 6. The first kappa shape index (κ1) is 63.9. The van der Waals surface area contributed by atoms with E-state index in [1.807, 2.05) is 0 Å². The molecule has 0 saturated heterocycles. The fraction of sp³-hybridized carbons (Fsp3) is 0.883. The molecular formula is C60H112O6. The zero-order chi connectivity index (χ0) is 47.9. The lowest BCUT2D eigenvalue weighted by Crippen LogP contribution is -2.30. The first-order valence-electron chi connectivity index (χ1n) is 29.3. The lowest BCUT2D eigenvalue weighted by molar-refractivity contribution is -0.167. The van der Waals surface area contributed by atoms with Crippen molar-refractivity contribution in [3.05, 3.63) is 24.3 Å². The standard InChI is InChI=1S/C60H112O6/c1-4-7-10-13-16-19-22-25-28-30-32-35-38-41-44-47-50-53-59(62)65-56-57(55-64-58(61)52-49-46-43-40-37-34-27-24-21-18-15-12-9-6-3)66-60(63)54-51-48-45-42-39-36-33-31-29-26-23-20-17-14-11-8-5-2/h16,19,25,28,57H,4-15,17-18,20-24,26-27,29-56H2,1-3H3/b19-16-,28-25-. The second-order valence-electron chi connectivity index (χ2n) is 19.9. The van der Waals surface area contributed by atoms with Gasteiger partial charge in [-0.25, -0.2) is 0 Å². The number of allylic oxidation sites excluding steroid dienone is 4. The number of rotatable bonds is 54. The minimum absolute atomic E-state index is 0.0680. The first-order chi connectivity index (χ1) is 32.5. The van der Waals surface area contributed by atoms with E-state index in [2.05, 4.69) is 45.1 Å². The van der Waals surface area contributed by atoms with Crippen LogP contribution in [0.1, 0.15) is 323 Å². The normalized spacial score (nSPS) is 12.1. The molecule has 0 aliphatic heterocycles. The number of ether oxygens (including phenoxy) is 3. The summed E-state index contributed by atoms with van der Waals surface area (Å²) in [5, 5.41) is 0. The highest BCUT2D eigenvalue weighted by molar-refractivity contribution is 5.71. The zero-order valence-electron chi connectivity index (χ0n) is 44.5. The first-order valence-corrected chi connectivity index (χ1v) is 29.3. The van der Waals surface area contributed by atoms with Gasteiger partial charge in [-0.3, -0.25) is 14.4 Å². The monoisotopic (exact) mass is 929 g/mol. The van der Waals surface area contributed by atoms with Gasteiger partial charge in [-0.1, -0.05) is 276 Å². The van der Waals surface area contributed by atoms with Crippen LogP contribution in [0.3, 0.4) is 0 Å². The maximum atomic E-state index is 12.9. The van der Waals surface area contributed by atoms with Gasteiger partial charge >= 0.3 is 17.9 Å². The second-order valence-corrected chi connectivity index (χ2v) is 19.9. The van der Waals surface area contributed by atoms with Gasteiger partial charge in [0.05, 0.1) is 0 Å². The van der Waals surface area contributed by atoms with Crippen molar-refractivity contribution in [3.8, 4) is 0 Å². The number of hydrogen-bond donors (Lipinski definition) is 0. The Labute approximate surface area is 411 Å². The van der Waals surface area contributed by atoms with Gasteiger partial charge in [0, 0.05) is 19.3 Å². The molecule has 0 aliphatic carbocycles. The number of carbonyl (C=O) groups is 3. The van der Waals surface area contributed by atoms with Crippen LogP contribution in [0.4, 0.5) is 0 Å². The molecule has 0 aromatic rings. The number of carbonyl (C=O) groups excluding carboxylic acids is 3. The lowest BCUT2D eigenvalue weighted by atomic mass is 10.0. The third-order valence-electron chi connectivity index (χ3n) is 13.2. The molecule has 6 nitrogen and oxygen atoms in total. The molecule has 0 aromatic heterocycles. The maximum absolute atomic E-state index is 12.9. The van der Waals surface area contributed by atoms with Gasteiger partial charge in [0.2, 0.25) is 0 Å². The summed E-state index contributed by atoms with van der Waals surface area (Å²) in [5.41, 5.74) is 0. The van der Waals surface area contributed by atoms with E-state index < -0.39 is 6.10 Å². The predicted octanol–water partition coefficient (Wildman–Crippen LogP) is 19.5. The molecule has 1 unspecified atom stereocenters. The van der Waals surface area contributed by atoms with Crippen LogP contribution in [0.5, 0.6) is 0 Å². The third kappa shape index (κ3) is 52.9. The molecule has 0 fully saturated rings. The molecule has 0 aliphatic rings. The molecule has 0 heterocycles. The van der Waals surface area contributed by atoms with Crippen molar-refractivity contribution in [2.45, 2.75) is 329 Å². The average Bonchev–Trinajstić information content (AvgIpc) is 3.31. The molecule has 1 atom stereocenters. The van der Waals surface area contributed by atoms with Gasteiger partial charge in [-0.2, -0.15) is 0 Å². The van der Waals surface area contributed by atoms with Crippen LogP contribution in [0.2, 0.25) is 0 Å². The van der Waals surface area contributed by atoms with Crippen molar-refractivity contribution in [3.63, 3.8) is 0 Å². The van der Waals surface area contributed by atoms with E-state index in [1.165, 1.54) is 212 Å². The van der Waals surface area contributed by atoms with Gasteiger partial charge in [-0.15, -0.1) is 0 Å². The highest BCUT2D eigenvalue weighted by atomic mass is 16.6. The highest BCUT2D eigenvalue weighted by Gasteiger charge is 2.19. The van der Waals surface area contributed by atoms with Crippen molar-refractivity contribution in [2.75, 3.05) is 13.2 Å². The van der Waals surface area contributed by atoms with E-state index in [0.717, 1.165) is 70.6 Å². The Bertz CT molecular complexity index is 1070. The van der Waals surface area contributed by atoms with Gasteiger partial charge in [0.1, 0.15) is 13.2 Å². The van der Waals surface area contributed by atoms with Crippen molar-refractivity contribution in [2.24, 2.45) is 0 Å². The fourth-order valence-electron chi connectivity index (χ4n) is 8.77. The van der Waals surface area contributed by atoms with E-state index in [9.17, 15) is 14.4 Å². The SMILES string of the molecule is CCCCC/C=C\C/C=C\CCCCCCCCCC(=O)OCC(COC(=O)CCCCCCCCCCCCCCCC)OC(=O)CCCCCCCCCCCCCCCCCCC. The smallest absolute Gasteiger partial charge is 0.306 e. The van der Waals surface area contributed by atoms with Crippen LogP contribution in [-0.2, 0) is 28.6 Å². The van der Waals surface area contributed by atoms with Crippen LogP contribution in [-0.4, -0.2) is 37.2 Å². The Hall–Kier alpha value is -2.11. The summed E-state index contributed by atoms with van der Waals surface area (Å²) in [6.07, 6.45) is 64.5. The molecule has 0 saturated carbocycles. The average molecular weight is 930 g/mol. The molecule has 0 bridgehead atoms. The van der Waals surface area contributed by atoms with E-state index in [1.54, 1.807) is 0 Å². The van der Waals surface area contributed by atoms with Gasteiger partial charge < -0.3 is 14.2 Å². The predicted molar refractivity (Wildman–Crippen MR) is 284 cm³/mol. The van der Waals surface area contributed by atoms with Crippen LogP contribution >= 0.6 is 0 Å². The van der Waals surface area contributed by atoms with Crippen LogP contribution in [0, 0.1) is 0 Å². The van der Waals surface area contributed by atoms with Gasteiger partial charge in [0.15, 0.2) is 6.10 Å². The molecule has 66 heavy (non-hydrogen) atoms. The summed E-state index contributed by atoms with van der Waals surface area (Å²) in [4.78, 5) is 38.2. The van der Waals surface area contributed by atoms with Crippen molar-refractivity contribution in [1.82, 2.24) is 0 Å². The third-order valence-corrected chi connectivity index (χ3v) is 13.2. The summed E-state index contributed by atoms with van der Waals surface area (Å²) in [7, 11) is 0. The molecule has 0 N–H and O–H groups in total. The maximum Gasteiger partial charge on any atom is 0.306 e. The van der Waals surface area contributed by atoms with E-state index in [0.29, 0.717) is 19.3 Å². The molecule has 0 radical (unpaired) electrons. The van der Waals surface area contributed by atoms with Crippen molar-refractivity contribution < 1.29 is 28.6 Å².